The van der Waals surface area contributed by atoms with Crippen LogP contribution in [0.1, 0.15) is 25.5 Å². The van der Waals surface area contributed by atoms with Crippen molar-refractivity contribution in [3.05, 3.63) is 24.0 Å². The SMILES string of the molecule is CC(Br)C(C)c1ccc(S(N)(=O)=O)cn1. The van der Waals surface area contributed by atoms with Crippen LogP contribution in [0.15, 0.2) is 23.2 Å². The van der Waals surface area contributed by atoms with Gasteiger partial charge in [-0.1, -0.05) is 29.8 Å². The summed E-state index contributed by atoms with van der Waals surface area (Å²) >= 11 is 3.45. The number of primary sulfonamides is 1. The number of nitrogens with two attached hydrogens (primary N) is 1. The normalized spacial score (nSPS) is 16.0. The zero-order valence-electron chi connectivity index (χ0n) is 8.51. The molecular formula is C9H13BrN2O2S. The summed E-state index contributed by atoms with van der Waals surface area (Å²) in [5.41, 5.74) is 0.840. The molecule has 2 N–H and O–H groups in total. The van der Waals surface area contributed by atoms with Crippen molar-refractivity contribution in [1.29, 1.82) is 0 Å². The van der Waals surface area contributed by atoms with Gasteiger partial charge in [0.2, 0.25) is 10.0 Å². The molecular weight excluding hydrogens is 280 g/mol. The molecule has 0 aromatic carbocycles. The highest BCUT2D eigenvalue weighted by atomic mass is 79.9. The van der Waals surface area contributed by atoms with E-state index >= 15 is 0 Å². The molecule has 1 aromatic rings. The molecule has 0 bridgehead atoms. The van der Waals surface area contributed by atoms with Gasteiger partial charge in [-0.3, -0.25) is 4.98 Å². The first kappa shape index (κ1) is 12.6. The van der Waals surface area contributed by atoms with Gasteiger partial charge in [-0.2, -0.15) is 0 Å². The van der Waals surface area contributed by atoms with E-state index in [1.807, 2.05) is 13.8 Å². The quantitative estimate of drug-likeness (QED) is 0.861. The zero-order valence-corrected chi connectivity index (χ0v) is 10.9. The van der Waals surface area contributed by atoms with Crippen LogP contribution >= 0.6 is 15.9 Å². The van der Waals surface area contributed by atoms with Gasteiger partial charge in [-0.15, -0.1) is 0 Å². The Hall–Kier alpha value is -0.460. The summed E-state index contributed by atoms with van der Waals surface area (Å²) < 4.78 is 22.0. The standard InChI is InChI=1S/C9H13BrN2O2S/c1-6(7(2)10)9-4-3-8(5-12-9)15(11,13)14/h3-7H,1-2H3,(H2,11,13,14). The first-order valence-electron chi connectivity index (χ1n) is 4.45. The highest BCUT2D eigenvalue weighted by molar-refractivity contribution is 9.09. The van der Waals surface area contributed by atoms with Crippen LogP contribution in [0.4, 0.5) is 0 Å². The van der Waals surface area contributed by atoms with Crippen molar-refractivity contribution in [2.24, 2.45) is 5.14 Å². The maximum absolute atomic E-state index is 11.0. The molecule has 0 aliphatic heterocycles. The third kappa shape index (κ3) is 3.25. The second-order valence-corrected chi connectivity index (χ2v) is 6.44. The molecule has 0 fully saturated rings. The first-order chi connectivity index (χ1) is 6.82. The van der Waals surface area contributed by atoms with Crippen LogP contribution in [-0.2, 0) is 10.0 Å². The minimum atomic E-state index is -3.64. The monoisotopic (exact) mass is 292 g/mol. The molecule has 0 aliphatic carbocycles. The number of pyridine rings is 1. The molecule has 4 nitrogen and oxygen atoms in total. The average molecular weight is 293 g/mol. The highest BCUT2D eigenvalue weighted by Gasteiger charge is 2.14. The van der Waals surface area contributed by atoms with Crippen LogP contribution in [0.3, 0.4) is 0 Å². The number of sulfonamides is 1. The van der Waals surface area contributed by atoms with Gasteiger partial charge in [0.25, 0.3) is 0 Å². The van der Waals surface area contributed by atoms with Crippen LogP contribution in [0, 0.1) is 0 Å². The molecule has 1 rings (SSSR count). The molecule has 0 radical (unpaired) electrons. The molecule has 2 unspecified atom stereocenters. The topological polar surface area (TPSA) is 73.1 Å². The molecule has 0 saturated heterocycles. The first-order valence-corrected chi connectivity index (χ1v) is 6.91. The summed E-state index contributed by atoms with van der Waals surface area (Å²) in [7, 11) is -3.64. The summed E-state index contributed by atoms with van der Waals surface area (Å²) in [6.45, 7) is 4.03. The smallest absolute Gasteiger partial charge is 0.239 e. The number of rotatable bonds is 3. The van der Waals surface area contributed by atoms with Gasteiger partial charge in [0.05, 0.1) is 0 Å². The van der Waals surface area contributed by atoms with Gasteiger partial charge >= 0.3 is 0 Å². The summed E-state index contributed by atoms with van der Waals surface area (Å²) in [4.78, 5) is 4.40. The Kier molecular flexibility index (Phi) is 3.86. The number of hydrogen-bond donors (Lipinski definition) is 1. The summed E-state index contributed by atoms with van der Waals surface area (Å²) in [6, 6.07) is 3.16. The molecule has 0 saturated carbocycles. The molecule has 2 atom stereocenters. The summed E-state index contributed by atoms with van der Waals surface area (Å²) in [6.07, 6.45) is 1.29. The molecule has 0 spiro atoms. The van der Waals surface area contributed by atoms with Crippen LogP contribution < -0.4 is 5.14 Å². The van der Waals surface area contributed by atoms with Crippen molar-refractivity contribution in [1.82, 2.24) is 4.98 Å². The third-order valence-electron chi connectivity index (χ3n) is 2.24. The zero-order chi connectivity index (χ0) is 11.6. The van der Waals surface area contributed by atoms with Crippen molar-refractivity contribution in [3.63, 3.8) is 0 Å². The Morgan fingerprint density at radius 1 is 1.40 bits per heavy atom. The number of aromatic nitrogens is 1. The molecule has 84 valence electrons. The van der Waals surface area contributed by atoms with Crippen LogP contribution in [0.5, 0.6) is 0 Å². The van der Waals surface area contributed by atoms with Crippen molar-refractivity contribution in [2.45, 2.75) is 29.5 Å². The Labute approximate surface area is 98.1 Å². The van der Waals surface area contributed by atoms with E-state index in [-0.39, 0.29) is 15.6 Å². The van der Waals surface area contributed by atoms with Gasteiger partial charge in [-0.05, 0) is 12.1 Å². The molecule has 1 aromatic heterocycles. The second-order valence-electron chi connectivity index (χ2n) is 3.43. The fourth-order valence-corrected chi connectivity index (χ4v) is 1.79. The van der Waals surface area contributed by atoms with Crippen molar-refractivity contribution in [2.75, 3.05) is 0 Å². The highest BCUT2D eigenvalue weighted by Crippen LogP contribution is 2.22. The van der Waals surface area contributed by atoms with E-state index in [2.05, 4.69) is 20.9 Å². The van der Waals surface area contributed by atoms with E-state index in [0.29, 0.717) is 0 Å². The minimum Gasteiger partial charge on any atom is -0.260 e. The number of nitrogens with zero attached hydrogens (tertiary/aromatic N) is 1. The number of halogens is 1. The Bertz CT molecular complexity index is 428. The van der Waals surface area contributed by atoms with Crippen LogP contribution in [0.25, 0.3) is 0 Å². The second kappa shape index (κ2) is 4.59. The molecule has 0 amide bonds. The molecule has 6 heteroatoms. The van der Waals surface area contributed by atoms with E-state index in [4.69, 9.17) is 5.14 Å². The lowest BCUT2D eigenvalue weighted by Gasteiger charge is -2.13. The van der Waals surface area contributed by atoms with Crippen molar-refractivity contribution in [3.8, 4) is 0 Å². The van der Waals surface area contributed by atoms with E-state index < -0.39 is 10.0 Å². The predicted molar refractivity (Wildman–Crippen MR) is 62.4 cm³/mol. The molecule has 0 aliphatic rings. The van der Waals surface area contributed by atoms with Gasteiger partial charge in [0.15, 0.2) is 0 Å². The summed E-state index contributed by atoms with van der Waals surface area (Å²) in [5.74, 6) is 0.222. The van der Waals surface area contributed by atoms with E-state index in [0.717, 1.165) is 5.69 Å². The summed E-state index contributed by atoms with van der Waals surface area (Å²) in [5, 5.41) is 4.97. The average Bonchev–Trinajstić information content (AvgIpc) is 2.15. The van der Waals surface area contributed by atoms with Gasteiger partial charge in [-0.25, -0.2) is 13.6 Å². The van der Waals surface area contributed by atoms with Crippen LogP contribution in [-0.4, -0.2) is 18.2 Å². The molecule has 1 heterocycles. The maximum atomic E-state index is 11.0. The van der Waals surface area contributed by atoms with E-state index in [1.165, 1.54) is 12.3 Å². The molecule has 15 heavy (non-hydrogen) atoms. The minimum absolute atomic E-state index is 0.0423. The van der Waals surface area contributed by atoms with E-state index in [1.54, 1.807) is 6.07 Å². The van der Waals surface area contributed by atoms with Gasteiger partial charge in [0.1, 0.15) is 4.90 Å². The fourth-order valence-electron chi connectivity index (χ4n) is 1.06. The number of hydrogen-bond acceptors (Lipinski definition) is 3. The van der Waals surface area contributed by atoms with Gasteiger partial charge in [0, 0.05) is 22.6 Å². The fraction of sp³-hybridized carbons (Fsp3) is 0.444. The lowest BCUT2D eigenvalue weighted by molar-refractivity contribution is 0.597. The van der Waals surface area contributed by atoms with Crippen molar-refractivity contribution < 1.29 is 8.42 Å². The lowest BCUT2D eigenvalue weighted by Crippen LogP contribution is -2.13. The van der Waals surface area contributed by atoms with E-state index in [9.17, 15) is 8.42 Å². The lowest BCUT2D eigenvalue weighted by atomic mass is 10.0. The van der Waals surface area contributed by atoms with Gasteiger partial charge < -0.3 is 0 Å². The Morgan fingerprint density at radius 2 is 2.00 bits per heavy atom. The largest absolute Gasteiger partial charge is 0.260 e. The predicted octanol–water partition coefficient (Wildman–Crippen LogP) is 1.62. The Balaban J connectivity index is 3.01. The van der Waals surface area contributed by atoms with Crippen molar-refractivity contribution >= 4 is 26.0 Å². The number of alkyl halides is 1. The van der Waals surface area contributed by atoms with Crippen LogP contribution in [0.2, 0.25) is 0 Å². The third-order valence-corrected chi connectivity index (χ3v) is 3.93. The Morgan fingerprint density at radius 3 is 2.33 bits per heavy atom. The maximum Gasteiger partial charge on any atom is 0.239 e.